The number of anilines is 1. The molecule has 0 saturated carbocycles. The molecule has 4 rings (SSSR count). The van der Waals surface area contributed by atoms with Gasteiger partial charge in [0.05, 0.1) is 17.7 Å². The Hall–Kier alpha value is -3.92. The lowest BCUT2D eigenvalue weighted by Crippen LogP contribution is -2.23. The molecule has 2 N–H and O–H groups in total. The highest BCUT2D eigenvalue weighted by molar-refractivity contribution is 7.13. The second kappa shape index (κ2) is 9.70. The zero-order chi connectivity index (χ0) is 23.4. The number of thiophene rings is 1. The van der Waals surface area contributed by atoms with Crippen LogP contribution < -0.4 is 20.3 Å². The van der Waals surface area contributed by atoms with Gasteiger partial charge in [-0.25, -0.2) is 4.98 Å². The third-order valence-corrected chi connectivity index (χ3v) is 5.60. The SMILES string of the molecule is COc1cccc(OCC(=O)Nc2cc(-c3cccs3)nn2-c2nc(C(C)C)cc(=O)[nH]2)c1. The minimum Gasteiger partial charge on any atom is -0.497 e. The smallest absolute Gasteiger partial charge is 0.263 e. The Kier molecular flexibility index (Phi) is 6.55. The van der Waals surface area contributed by atoms with Crippen molar-refractivity contribution in [2.24, 2.45) is 0 Å². The number of carbonyl (C=O) groups is 1. The van der Waals surface area contributed by atoms with Crippen molar-refractivity contribution < 1.29 is 14.3 Å². The molecule has 0 aliphatic carbocycles. The lowest BCUT2D eigenvalue weighted by atomic mass is 10.1. The monoisotopic (exact) mass is 465 g/mol. The maximum Gasteiger partial charge on any atom is 0.263 e. The van der Waals surface area contributed by atoms with Crippen LogP contribution in [0.5, 0.6) is 11.5 Å². The average molecular weight is 466 g/mol. The van der Waals surface area contributed by atoms with Crippen molar-refractivity contribution in [1.29, 1.82) is 0 Å². The van der Waals surface area contributed by atoms with Crippen molar-refractivity contribution in [3.8, 4) is 28.0 Å². The number of amides is 1. The first-order valence-electron chi connectivity index (χ1n) is 10.2. The molecule has 3 heterocycles. The molecule has 1 aromatic carbocycles. The highest BCUT2D eigenvalue weighted by Gasteiger charge is 2.17. The molecule has 0 bridgehead atoms. The van der Waals surface area contributed by atoms with Gasteiger partial charge in [-0.2, -0.15) is 9.78 Å². The number of methoxy groups -OCH3 is 1. The Morgan fingerprint density at radius 3 is 2.73 bits per heavy atom. The van der Waals surface area contributed by atoms with Crippen molar-refractivity contribution in [2.45, 2.75) is 19.8 Å². The maximum absolute atomic E-state index is 12.7. The number of H-pyrrole nitrogens is 1. The van der Waals surface area contributed by atoms with Crippen LogP contribution in [0.15, 0.2) is 58.7 Å². The Balaban J connectivity index is 1.61. The first kappa shape index (κ1) is 22.3. The van der Waals surface area contributed by atoms with E-state index in [1.807, 2.05) is 31.4 Å². The maximum atomic E-state index is 12.7. The number of carbonyl (C=O) groups excluding carboxylic acids is 1. The summed E-state index contributed by atoms with van der Waals surface area (Å²) < 4.78 is 12.2. The standard InChI is InChI=1S/C23H23N5O4S/c1-14(2)17-12-21(29)26-23(24-17)28-20(11-18(27-28)19-8-5-9-33-19)25-22(30)13-32-16-7-4-6-15(10-16)31-3/h4-12,14H,13H2,1-3H3,(H,25,30)(H,24,26,29). The van der Waals surface area contributed by atoms with Crippen molar-refractivity contribution in [3.63, 3.8) is 0 Å². The summed E-state index contributed by atoms with van der Waals surface area (Å²) in [6.07, 6.45) is 0. The number of hydrogen-bond donors (Lipinski definition) is 2. The fourth-order valence-electron chi connectivity index (χ4n) is 3.05. The summed E-state index contributed by atoms with van der Waals surface area (Å²) in [7, 11) is 1.56. The Morgan fingerprint density at radius 2 is 2.00 bits per heavy atom. The van der Waals surface area contributed by atoms with E-state index in [-0.39, 0.29) is 29.9 Å². The lowest BCUT2D eigenvalue weighted by molar-refractivity contribution is -0.118. The van der Waals surface area contributed by atoms with Gasteiger partial charge < -0.3 is 14.8 Å². The van der Waals surface area contributed by atoms with Crippen LogP contribution in [0.1, 0.15) is 25.5 Å². The third kappa shape index (κ3) is 5.29. The van der Waals surface area contributed by atoms with E-state index >= 15 is 0 Å². The molecule has 10 heteroatoms. The van der Waals surface area contributed by atoms with Gasteiger partial charge in [0.2, 0.25) is 5.95 Å². The van der Waals surface area contributed by atoms with E-state index in [1.54, 1.807) is 37.4 Å². The average Bonchev–Trinajstić information content (AvgIpc) is 3.47. The van der Waals surface area contributed by atoms with Crippen LogP contribution in [-0.4, -0.2) is 39.4 Å². The molecule has 33 heavy (non-hydrogen) atoms. The zero-order valence-corrected chi connectivity index (χ0v) is 19.2. The van der Waals surface area contributed by atoms with Crippen LogP contribution in [0.3, 0.4) is 0 Å². The van der Waals surface area contributed by atoms with Gasteiger partial charge in [-0.3, -0.25) is 14.6 Å². The fourth-order valence-corrected chi connectivity index (χ4v) is 3.74. The van der Waals surface area contributed by atoms with Gasteiger partial charge in [-0.05, 0) is 29.5 Å². The first-order chi connectivity index (χ1) is 15.9. The largest absolute Gasteiger partial charge is 0.497 e. The molecule has 0 atom stereocenters. The van der Waals surface area contributed by atoms with E-state index in [0.717, 1.165) is 4.88 Å². The van der Waals surface area contributed by atoms with Crippen LogP contribution in [0.25, 0.3) is 16.5 Å². The van der Waals surface area contributed by atoms with Gasteiger partial charge in [0.1, 0.15) is 23.0 Å². The van der Waals surface area contributed by atoms with E-state index in [1.165, 1.54) is 22.1 Å². The molecule has 4 aromatic rings. The summed E-state index contributed by atoms with van der Waals surface area (Å²) >= 11 is 1.52. The minimum absolute atomic E-state index is 0.0488. The molecule has 0 unspecified atom stereocenters. The van der Waals surface area contributed by atoms with Gasteiger partial charge in [0.15, 0.2) is 6.61 Å². The van der Waals surface area contributed by atoms with Crippen LogP contribution in [0.4, 0.5) is 5.82 Å². The molecule has 0 saturated heterocycles. The molecule has 3 aromatic heterocycles. The van der Waals surface area contributed by atoms with Crippen LogP contribution >= 0.6 is 11.3 Å². The molecule has 0 spiro atoms. The minimum atomic E-state index is -0.390. The number of hydrogen-bond acceptors (Lipinski definition) is 7. The summed E-state index contributed by atoms with van der Waals surface area (Å²) in [5.74, 6) is 1.38. The summed E-state index contributed by atoms with van der Waals surface area (Å²) in [5, 5.41) is 9.33. The van der Waals surface area contributed by atoms with Crippen LogP contribution in [0, 0.1) is 0 Å². The predicted molar refractivity (Wildman–Crippen MR) is 127 cm³/mol. The van der Waals surface area contributed by atoms with Gasteiger partial charge in [0, 0.05) is 18.2 Å². The molecule has 0 radical (unpaired) electrons. The molecule has 170 valence electrons. The molecule has 9 nitrogen and oxygen atoms in total. The normalized spacial score (nSPS) is 10.9. The summed E-state index contributed by atoms with van der Waals surface area (Å²) in [6.45, 7) is 3.68. The first-order valence-corrected chi connectivity index (χ1v) is 11.1. The summed E-state index contributed by atoms with van der Waals surface area (Å²) in [5.41, 5.74) is 0.975. The summed E-state index contributed by atoms with van der Waals surface area (Å²) in [4.78, 5) is 33.0. The van der Waals surface area contributed by atoms with E-state index in [9.17, 15) is 9.59 Å². The quantitative estimate of drug-likeness (QED) is 0.409. The number of nitrogens with zero attached hydrogens (tertiary/aromatic N) is 3. The Morgan fingerprint density at radius 1 is 1.18 bits per heavy atom. The number of aromatic amines is 1. The highest BCUT2D eigenvalue weighted by Crippen LogP contribution is 2.27. The highest BCUT2D eigenvalue weighted by atomic mass is 32.1. The Labute approximate surface area is 194 Å². The van der Waals surface area contributed by atoms with Gasteiger partial charge in [0.25, 0.3) is 11.5 Å². The Bertz CT molecular complexity index is 1310. The molecular formula is C23H23N5O4S. The fraction of sp³-hybridized carbons (Fsp3) is 0.217. The van der Waals surface area contributed by atoms with E-state index < -0.39 is 0 Å². The molecule has 1 amide bonds. The van der Waals surface area contributed by atoms with E-state index in [0.29, 0.717) is 28.7 Å². The molecule has 0 aliphatic heterocycles. The van der Waals surface area contributed by atoms with Crippen LogP contribution in [-0.2, 0) is 4.79 Å². The number of ether oxygens (including phenoxy) is 2. The van der Waals surface area contributed by atoms with Gasteiger partial charge in [-0.15, -0.1) is 11.3 Å². The molecule has 0 fully saturated rings. The zero-order valence-electron chi connectivity index (χ0n) is 18.4. The second-order valence-corrected chi connectivity index (χ2v) is 8.42. The second-order valence-electron chi connectivity index (χ2n) is 7.47. The van der Waals surface area contributed by atoms with Crippen molar-refractivity contribution in [2.75, 3.05) is 19.0 Å². The van der Waals surface area contributed by atoms with E-state index in [4.69, 9.17) is 9.47 Å². The number of benzene rings is 1. The van der Waals surface area contributed by atoms with Gasteiger partial charge >= 0.3 is 0 Å². The van der Waals surface area contributed by atoms with Crippen molar-refractivity contribution >= 4 is 23.1 Å². The topological polar surface area (TPSA) is 111 Å². The third-order valence-electron chi connectivity index (χ3n) is 4.70. The van der Waals surface area contributed by atoms with E-state index in [2.05, 4.69) is 20.4 Å². The van der Waals surface area contributed by atoms with Crippen molar-refractivity contribution in [3.05, 3.63) is 70.0 Å². The summed E-state index contributed by atoms with van der Waals surface area (Å²) in [6, 6.07) is 14.0. The van der Waals surface area contributed by atoms with Gasteiger partial charge in [-0.1, -0.05) is 26.0 Å². The number of nitrogens with one attached hydrogen (secondary N) is 2. The lowest BCUT2D eigenvalue weighted by Gasteiger charge is -2.11. The van der Waals surface area contributed by atoms with Crippen molar-refractivity contribution in [1.82, 2.24) is 19.7 Å². The molecular weight excluding hydrogens is 442 g/mol. The number of aromatic nitrogens is 4. The number of rotatable bonds is 8. The molecule has 0 aliphatic rings. The van der Waals surface area contributed by atoms with Crippen LogP contribution in [0.2, 0.25) is 0 Å². The predicted octanol–water partition coefficient (Wildman–Crippen LogP) is 3.83.